The van der Waals surface area contributed by atoms with Gasteiger partial charge >= 0.3 is 6.18 Å². The molecule has 2 rings (SSSR count). The highest BCUT2D eigenvalue weighted by atomic mass is 19.4. The maximum Gasteiger partial charge on any atom is 0.419 e. The van der Waals surface area contributed by atoms with Gasteiger partial charge < -0.3 is 5.32 Å². The van der Waals surface area contributed by atoms with Gasteiger partial charge in [-0.05, 0) is 23.6 Å². The average molecular weight is 318 g/mol. The normalized spacial score (nSPS) is 19.9. The first-order chi connectivity index (χ1) is 10.3. The van der Waals surface area contributed by atoms with Gasteiger partial charge in [-0.3, -0.25) is 4.90 Å². The average Bonchev–Trinajstić information content (AvgIpc) is 2.47. The van der Waals surface area contributed by atoms with Gasteiger partial charge in [0.1, 0.15) is 5.82 Å². The molecule has 0 spiro atoms. The van der Waals surface area contributed by atoms with E-state index in [1.54, 1.807) is 0 Å². The van der Waals surface area contributed by atoms with Crippen molar-refractivity contribution in [3.05, 3.63) is 35.1 Å². The van der Waals surface area contributed by atoms with Crippen LogP contribution >= 0.6 is 0 Å². The second kappa shape index (κ2) is 6.96. The summed E-state index contributed by atoms with van der Waals surface area (Å²) < 4.78 is 52.0. The van der Waals surface area contributed by atoms with E-state index in [-0.39, 0.29) is 12.0 Å². The van der Waals surface area contributed by atoms with Gasteiger partial charge in [-0.2, -0.15) is 13.2 Å². The topological polar surface area (TPSA) is 15.3 Å². The van der Waals surface area contributed by atoms with Crippen molar-refractivity contribution in [3.8, 4) is 0 Å². The summed E-state index contributed by atoms with van der Waals surface area (Å²) in [5.74, 6) is -0.942. The van der Waals surface area contributed by atoms with Crippen LogP contribution in [0.4, 0.5) is 17.6 Å². The maximum absolute atomic E-state index is 13.9. The van der Waals surface area contributed by atoms with Gasteiger partial charge in [0, 0.05) is 32.2 Å². The quantitative estimate of drug-likeness (QED) is 0.849. The fourth-order valence-electron chi connectivity index (χ4n) is 3.03. The third-order valence-electron chi connectivity index (χ3n) is 4.37. The largest absolute Gasteiger partial charge is 0.419 e. The minimum atomic E-state index is -4.65. The molecule has 2 atom stereocenters. The van der Waals surface area contributed by atoms with Crippen molar-refractivity contribution in [2.24, 2.45) is 5.92 Å². The van der Waals surface area contributed by atoms with Crippen LogP contribution in [0.25, 0.3) is 0 Å². The zero-order valence-electron chi connectivity index (χ0n) is 12.9. The molecule has 1 aliphatic rings. The Morgan fingerprint density at radius 2 is 1.86 bits per heavy atom. The van der Waals surface area contributed by atoms with E-state index in [4.69, 9.17) is 0 Å². The molecule has 1 aromatic carbocycles. The summed E-state index contributed by atoms with van der Waals surface area (Å²) in [7, 11) is 0. The summed E-state index contributed by atoms with van der Waals surface area (Å²) in [5, 5.41) is 3.25. The number of hydrogen-bond acceptors (Lipinski definition) is 2. The van der Waals surface area contributed by atoms with Crippen molar-refractivity contribution in [1.29, 1.82) is 0 Å². The lowest BCUT2D eigenvalue weighted by Gasteiger charge is -2.38. The molecule has 1 unspecified atom stereocenters. The molecule has 0 saturated carbocycles. The number of alkyl halides is 3. The molecule has 0 radical (unpaired) electrons. The van der Waals surface area contributed by atoms with E-state index < -0.39 is 17.6 Å². The summed E-state index contributed by atoms with van der Waals surface area (Å²) in [4.78, 5) is 2.23. The molecule has 6 heteroatoms. The molecular formula is C16H22F4N2. The summed E-state index contributed by atoms with van der Waals surface area (Å²) in [6, 6.07) is 3.29. The van der Waals surface area contributed by atoms with Crippen LogP contribution in [0.1, 0.15) is 37.4 Å². The molecule has 0 amide bonds. The molecule has 1 N–H and O–H groups in total. The van der Waals surface area contributed by atoms with Gasteiger partial charge in [-0.15, -0.1) is 0 Å². The lowest BCUT2D eigenvalue weighted by molar-refractivity contribution is -0.140. The Kier molecular flexibility index (Phi) is 5.45. The van der Waals surface area contributed by atoms with Crippen LogP contribution in [0.3, 0.4) is 0 Å². The van der Waals surface area contributed by atoms with Gasteiger partial charge in [0.15, 0.2) is 0 Å². The third kappa shape index (κ3) is 3.79. The summed E-state index contributed by atoms with van der Waals surface area (Å²) >= 11 is 0. The number of nitrogens with zero attached hydrogens (tertiary/aromatic N) is 1. The first-order valence-electron chi connectivity index (χ1n) is 7.66. The Bertz CT molecular complexity index is 495. The Hall–Kier alpha value is -1.14. The summed E-state index contributed by atoms with van der Waals surface area (Å²) in [5.41, 5.74) is -0.568. The fraction of sp³-hybridized carbons (Fsp3) is 0.625. The second-order valence-electron chi connectivity index (χ2n) is 5.85. The van der Waals surface area contributed by atoms with E-state index in [0.29, 0.717) is 5.56 Å². The highest BCUT2D eigenvalue weighted by Gasteiger charge is 2.35. The molecule has 1 saturated heterocycles. The predicted octanol–water partition coefficient (Wildman–Crippen LogP) is 3.84. The van der Waals surface area contributed by atoms with Gasteiger partial charge in [-0.1, -0.05) is 26.3 Å². The van der Waals surface area contributed by atoms with E-state index in [2.05, 4.69) is 17.1 Å². The van der Waals surface area contributed by atoms with Crippen molar-refractivity contribution in [3.63, 3.8) is 0 Å². The maximum atomic E-state index is 13.9. The second-order valence-corrected chi connectivity index (χ2v) is 5.85. The smallest absolute Gasteiger partial charge is 0.314 e. The Morgan fingerprint density at radius 3 is 2.36 bits per heavy atom. The molecule has 0 bridgehead atoms. The highest BCUT2D eigenvalue weighted by molar-refractivity contribution is 5.29. The van der Waals surface area contributed by atoms with Crippen molar-refractivity contribution < 1.29 is 17.6 Å². The van der Waals surface area contributed by atoms with Crippen LogP contribution in [-0.4, -0.2) is 31.1 Å². The van der Waals surface area contributed by atoms with E-state index >= 15 is 0 Å². The van der Waals surface area contributed by atoms with Crippen molar-refractivity contribution in [1.82, 2.24) is 10.2 Å². The van der Waals surface area contributed by atoms with Crippen molar-refractivity contribution >= 4 is 0 Å². The first kappa shape index (κ1) is 17.2. The number of halogens is 4. The summed E-state index contributed by atoms with van der Waals surface area (Å²) in [6.45, 7) is 7.42. The molecule has 2 nitrogen and oxygen atoms in total. The van der Waals surface area contributed by atoms with E-state index in [1.165, 1.54) is 6.07 Å². The molecule has 1 aromatic rings. The fourth-order valence-corrected chi connectivity index (χ4v) is 3.03. The van der Waals surface area contributed by atoms with E-state index in [9.17, 15) is 17.6 Å². The van der Waals surface area contributed by atoms with Gasteiger partial charge in [0.2, 0.25) is 0 Å². The van der Waals surface area contributed by atoms with Crippen molar-refractivity contribution in [2.45, 2.75) is 32.5 Å². The van der Waals surface area contributed by atoms with Gasteiger partial charge in [0.05, 0.1) is 5.56 Å². The molecule has 124 valence electrons. The van der Waals surface area contributed by atoms with Crippen molar-refractivity contribution in [2.75, 3.05) is 26.2 Å². The molecule has 0 aliphatic carbocycles. The Balaban J connectivity index is 2.33. The zero-order valence-corrected chi connectivity index (χ0v) is 12.9. The summed E-state index contributed by atoms with van der Waals surface area (Å²) in [6.07, 6.45) is -3.76. The number of hydrogen-bond donors (Lipinski definition) is 1. The van der Waals surface area contributed by atoms with Crippen LogP contribution < -0.4 is 5.32 Å². The molecular weight excluding hydrogens is 296 g/mol. The lowest BCUT2D eigenvalue weighted by Crippen LogP contribution is -2.46. The molecule has 1 fully saturated rings. The third-order valence-corrected chi connectivity index (χ3v) is 4.37. The van der Waals surface area contributed by atoms with Crippen LogP contribution in [0.15, 0.2) is 18.2 Å². The number of benzene rings is 1. The monoisotopic (exact) mass is 318 g/mol. The minimum Gasteiger partial charge on any atom is -0.314 e. The predicted molar refractivity (Wildman–Crippen MR) is 78.0 cm³/mol. The lowest BCUT2D eigenvalue weighted by atomic mass is 9.90. The van der Waals surface area contributed by atoms with Gasteiger partial charge in [0.25, 0.3) is 0 Å². The van der Waals surface area contributed by atoms with Crippen LogP contribution in [0.5, 0.6) is 0 Å². The Labute approximate surface area is 128 Å². The van der Waals surface area contributed by atoms with E-state index in [0.717, 1.165) is 44.7 Å². The molecule has 0 aromatic heterocycles. The molecule has 22 heavy (non-hydrogen) atoms. The molecule has 1 aliphatic heterocycles. The van der Waals surface area contributed by atoms with Crippen LogP contribution in [0, 0.1) is 11.7 Å². The van der Waals surface area contributed by atoms with Crippen LogP contribution in [0.2, 0.25) is 0 Å². The first-order valence-corrected chi connectivity index (χ1v) is 7.66. The zero-order chi connectivity index (χ0) is 16.3. The number of piperazine rings is 1. The number of rotatable bonds is 4. The number of nitrogens with one attached hydrogen (secondary N) is 1. The van der Waals surface area contributed by atoms with Gasteiger partial charge in [-0.25, -0.2) is 4.39 Å². The highest BCUT2D eigenvalue weighted by Crippen LogP contribution is 2.36. The Morgan fingerprint density at radius 1 is 1.23 bits per heavy atom. The molecule has 1 heterocycles. The minimum absolute atomic E-state index is 0.0520. The van der Waals surface area contributed by atoms with E-state index in [1.807, 2.05) is 6.92 Å². The van der Waals surface area contributed by atoms with Crippen LogP contribution in [-0.2, 0) is 6.18 Å². The standard InChI is InChI=1S/C16H22F4N2/c1-3-11(2)15(22-8-6-21-7-9-22)12-4-5-13(14(17)10-12)16(18,19)20/h4-5,10-11,15,21H,3,6-9H2,1-2H3/t11?,15-/m1/s1. The SMILES string of the molecule is CCC(C)[C@H](c1ccc(C(F)(F)F)c(F)c1)N1CCNCC1.